The van der Waals surface area contributed by atoms with Crippen molar-refractivity contribution in [2.45, 2.75) is 43.1 Å². The lowest BCUT2D eigenvalue weighted by molar-refractivity contribution is -0.158. The van der Waals surface area contributed by atoms with Crippen LogP contribution in [0.5, 0.6) is 0 Å². The number of benzene rings is 1. The third-order valence-electron chi connectivity index (χ3n) is 5.96. The maximum Gasteiger partial charge on any atom is 0.313 e. The maximum absolute atomic E-state index is 12.8. The Kier molecular flexibility index (Phi) is 6.68. The largest absolute Gasteiger partial charge is 0.481 e. The Morgan fingerprint density at radius 3 is 2.73 bits per heavy atom. The number of carboxylic acids is 1. The highest BCUT2D eigenvalue weighted by molar-refractivity contribution is 8.00. The zero-order chi connectivity index (χ0) is 23.8. The third kappa shape index (κ3) is 4.34. The summed E-state index contributed by atoms with van der Waals surface area (Å²) in [6, 6.07) is 7.69. The zero-order valence-corrected chi connectivity index (χ0v) is 19.8. The summed E-state index contributed by atoms with van der Waals surface area (Å²) in [5, 5.41) is 31.4. The van der Waals surface area contributed by atoms with Crippen LogP contribution in [0.3, 0.4) is 0 Å². The molecule has 4 rings (SSSR count). The molecule has 3 heterocycles. The number of carbonyl (C=O) groups is 3. The van der Waals surface area contributed by atoms with Crippen molar-refractivity contribution in [3.8, 4) is 0 Å². The minimum absolute atomic E-state index is 0.0543. The molecule has 10 nitrogen and oxygen atoms in total. The van der Waals surface area contributed by atoms with Crippen molar-refractivity contribution in [3.05, 3.63) is 41.7 Å². The molecule has 12 heteroatoms. The second kappa shape index (κ2) is 9.35. The van der Waals surface area contributed by atoms with Crippen molar-refractivity contribution < 1.29 is 24.6 Å². The lowest BCUT2D eigenvalue weighted by Crippen LogP contribution is -2.74. The number of aromatic nitrogens is 3. The summed E-state index contributed by atoms with van der Waals surface area (Å²) in [7, 11) is 0. The molecule has 33 heavy (non-hydrogen) atoms. The van der Waals surface area contributed by atoms with Gasteiger partial charge in [0.1, 0.15) is 22.7 Å². The number of aliphatic hydroxyl groups is 1. The van der Waals surface area contributed by atoms with Gasteiger partial charge in [0.05, 0.1) is 0 Å². The summed E-state index contributed by atoms with van der Waals surface area (Å²) >= 11 is 2.65. The average molecular weight is 492 g/mol. The summed E-state index contributed by atoms with van der Waals surface area (Å²) in [5.41, 5.74) is -0.703. The summed E-state index contributed by atoms with van der Waals surface area (Å²) in [4.78, 5) is 39.0. The van der Waals surface area contributed by atoms with Crippen LogP contribution in [0, 0.1) is 12.3 Å². The Labute approximate surface area is 199 Å². The van der Waals surface area contributed by atoms with Crippen molar-refractivity contribution >= 4 is 41.3 Å². The molecule has 0 aliphatic carbocycles. The van der Waals surface area contributed by atoms with E-state index in [1.807, 2.05) is 18.4 Å². The maximum atomic E-state index is 12.8. The molecule has 3 N–H and O–H groups in total. The molecule has 3 unspecified atom stereocenters. The van der Waals surface area contributed by atoms with Crippen molar-refractivity contribution in [3.63, 3.8) is 0 Å². The van der Waals surface area contributed by atoms with Crippen molar-refractivity contribution in [1.29, 1.82) is 0 Å². The number of nitrogens with one attached hydrogen (secondary N) is 1. The molecule has 2 amide bonds. The van der Waals surface area contributed by atoms with Gasteiger partial charge in [0.25, 0.3) is 5.91 Å². The number of rotatable bonds is 8. The van der Waals surface area contributed by atoms with Crippen LogP contribution in [0.4, 0.5) is 0 Å². The number of hydrogen-bond acceptors (Lipinski definition) is 8. The van der Waals surface area contributed by atoms with E-state index < -0.39 is 29.4 Å². The summed E-state index contributed by atoms with van der Waals surface area (Å²) in [6.07, 6.45) is -1.38. The van der Waals surface area contributed by atoms with Gasteiger partial charge < -0.3 is 25.0 Å². The number of nitrogens with zero attached hydrogens (tertiary/aromatic N) is 4. The molecule has 1 aromatic carbocycles. The van der Waals surface area contributed by atoms with Crippen LogP contribution in [-0.2, 0) is 20.9 Å². The van der Waals surface area contributed by atoms with E-state index in [4.69, 9.17) is 0 Å². The molecule has 4 atom stereocenters. The molecule has 2 fully saturated rings. The molecule has 0 saturated carbocycles. The van der Waals surface area contributed by atoms with Crippen molar-refractivity contribution in [2.24, 2.45) is 5.41 Å². The van der Waals surface area contributed by atoms with Gasteiger partial charge in [-0.1, -0.05) is 42.1 Å². The molecule has 0 radical (unpaired) electrons. The quantitative estimate of drug-likeness (QED) is 0.363. The second-order valence-electron chi connectivity index (χ2n) is 8.12. The number of carboxylic acid groups (broad SMARTS) is 1. The lowest BCUT2D eigenvalue weighted by Gasteiger charge is -2.53. The standard InChI is InChI=1S/C21H25N5O5S2/c1-3-25-12(2)23-24-20(25)33-11-21(19(30)31)9-26-17(29)14(18(26)32-10-21)22-16(28)15(27)13-7-5-4-6-8-13/h4-8,14-15,18,27H,3,9-11H2,1-2H3,(H,22,28)(H,30,31)/t14?,15?,18-,21?/m1/s1. The van der Waals surface area contributed by atoms with Crippen LogP contribution in [0.25, 0.3) is 0 Å². The van der Waals surface area contributed by atoms with E-state index >= 15 is 0 Å². The fourth-order valence-electron chi connectivity index (χ4n) is 3.96. The Balaban J connectivity index is 1.40. The van der Waals surface area contributed by atoms with Gasteiger partial charge in [-0.25, -0.2) is 0 Å². The lowest BCUT2D eigenvalue weighted by atomic mass is 9.89. The van der Waals surface area contributed by atoms with Gasteiger partial charge in [-0.05, 0) is 19.4 Å². The van der Waals surface area contributed by atoms with Crippen LogP contribution >= 0.6 is 23.5 Å². The van der Waals surface area contributed by atoms with Gasteiger partial charge in [0, 0.05) is 24.6 Å². The van der Waals surface area contributed by atoms with Crippen molar-refractivity contribution in [1.82, 2.24) is 25.0 Å². The SMILES string of the molecule is CCn1c(C)nnc1SCC1(C(=O)O)CS[C@@H]2C(NC(=O)C(O)c3ccccc3)C(=O)N2C1. The second-order valence-corrected chi connectivity index (χ2v) is 10.2. The van der Waals surface area contributed by atoms with E-state index in [-0.39, 0.29) is 29.3 Å². The molecule has 0 spiro atoms. The molecule has 2 saturated heterocycles. The first-order chi connectivity index (χ1) is 15.8. The van der Waals surface area contributed by atoms with E-state index in [0.29, 0.717) is 17.3 Å². The summed E-state index contributed by atoms with van der Waals surface area (Å²) in [6.45, 7) is 4.55. The number of aliphatic hydroxyl groups excluding tert-OH is 1. The molecule has 2 aliphatic rings. The smallest absolute Gasteiger partial charge is 0.313 e. The van der Waals surface area contributed by atoms with Crippen LogP contribution in [0.1, 0.15) is 24.4 Å². The third-order valence-corrected chi connectivity index (χ3v) is 8.80. The fourth-order valence-corrected chi connectivity index (χ4v) is 6.87. The van der Waals surface area contributed by atoms with E-state index in [9.17, 15) is 24.6 Å². The minimum Gasteiger partial charge on any atom is -0.481 e. The zero-order valence-electron chi connectivity index (χ0n) is 18.2. The number of thioether (sulfide) groups is 2. The van der Waals surface area contributed by atoms with Crippen LogP contribution in [-0.4, -0.2) is 77.1 Å². The Hall–Kier alpha value is -2.57. The van der Waals surface area contributed by atoms with Crippen LogP contribution in [0.2, 0.25) is 0 Å². The van der Waals surface area contributed by atoms with Crippen molar-refractivity contribution in [2.75, 3.05) is 18.1 Å². The number of carbonyl (C=O) groups excluding carboxylic acids is 2. The number of aryl methyl sites for hydroxylation is 1. The Bertz CT molecular complexity index is 1060. The molecule has 0 bridgehead atoms. The summed E-state index contributed by atoms with van der Waals surface area (Å²) < 4.78 is 1.91. The van der Waals surface area contributed by atoms with Gasteiger partial charge in [-0.15, -0.1) is 22.0 Å². The molecular formula is C21H25N5O5S2. The average Bonchev–Trinajstić information content (AvgIpc) is 3.19. The highest BCUT2D eigenvalue weighted by atomic mass is 32.2. The monoisotopic (exact) mass is 491 g/mol. The van der Waals surface area contributed by atoms with Gasteiger partial charge in [0.15, 0.2) is 11.3 Å². The summed E-state index contributed by atoms with van der Waals surface area (Å²) in [5.74, 6) is -0.676. The molecule has 1 aromatic heterocycles. The highest BCUT2D eigenvalue weighted by Crippen LogP contribution is 2.44. The first kappa shape index (κ1) is 23.6. The number of aliphatic carboxylic acids is 1. The van der Waals surface area contributed by atoms with E-state index in [2.05, 4.69) is 15.5 Å². The number of fused-ring (bicyclic) bond motifs is 1. The molecule has 2 aliphatic heterocycles. The van der Waals surface area contributed by atoms with E-state index in [1.165, 1.54) is 28.4 Å². The fraction of sp³-hybridized carbons (Fsp3) is 0.476. The molecular weight excluding hydrogens is 466 g/mol. The Morgan fingerprint density at radius 1 is 1.33 bits per heavy atom. The first-order valence-corrected chi connectivity index (χ1v) is 12.5. The normalized spacial score (nSPS) is 25.2. The predicted octanol–water partition coefficient (Wildman–Crippen LogP) is 0.903. The highest BCUT2D eigenvalue weighted by Gasteiger charge is 2.57. The molecule has 176 valence electrons. The van der Waals surface area contributed by atoms with E-state index in [1.54, 1.807) is 30.3 Å². The number of β-lactam (4-membered cyclic amide) rings is 1. The molecule has 2 aromatic rings. The minimum atomic E-state index is -1.38. The predicted molar refractivity (Wildman–Crippen MR) is 123 cm³/mol. The topological polar surface area (TPSA) is 138 Å². The number of amides is 2. The van der Waals surface area contributed by atoms with E-state index in [0.717, 1.165) is 5.82 Å². The van der Waals surface area contributed by atoms with Gasteiger partial charge in [0.2, 0.25) is 5.91 Å². The van der Waals surface area contributed by atoms with Gasteiger partial charge in [-0.2, -0.15) is 0 Å². The van der Waals surface area contributed by atoms with Crippen LogP contribution < -0.4 is 5.32 Å². The van der Waals surface area contributed by atoms with Crippen LogP contribution in [0.15, 0.2) is 35.5 Å². The Morgan fingerprint density at radius 2 is 2.06 bits per heavy atom. The first-order valence-electron chi connectivity index (χ1n) is 10.5. The number of hydrogen-bond donors (Lipinski definition) is 3. The van der Waals surface area contributed by atoms with Gasteiger partial charge in [-0.3, -0.25) is 14.4 Å². The van der Waals surface area contributed by atoms with Gasteiger partial charge >= 0.3 is 5.97 Å².